The number of hydrogen-bond acceptors (Lipinski definition) is 15. The predicted molar refractivity (Wildman–Crippen MR) is 145 cm³/mol. The van der Waals surface area contributed by atoms with E-state index in [2.05, 4.69) is 10.6 Å². The van der Waals surface area contributed by atoms with Gasteiger partial charge in [0.2, 0.25) is 0 Å². The Labute approximate surface area is 247 Å². The molecule has 0 bridgehead atoms. The van der Waals surface area contributed by atoms with Crippen molar-refractivity contribution in [3.63, 3.8) is 0 Å². The Balaban J connectivity index is 1.53. The number of carbonyl (C=O) groups excluding carboxylic acids is 2. The third kappa shape index (κ3) is 7.23. The monoisotopic (exact) mass is 628 g/mol. The Hall–Kier alpha value is -3.39. The molecule has 2 aliphatic rings. The molecule has 2 aliphatic heterocycles. The summed E-state index contributed by atoms with van der Waals surface area (Å²) < 4.78 is 11.2. The zero-order valence-corrected chi connectivity index (χ0v) is 23.0. The topological polar surface area (TPSA) is 279 Å². The number of aliphatic hydroxyl groups excluding tert-OH is 6. The van der Waals surface area contributed by atoms with Crippen LogP contribution in [0.2, 0.25) is 0 Å². The molecule has 12 N–H and O–H groups in total. The van der Waals surface area contributed by atoms with Gasteiger partial charge in [-0.2, -0.15) is 0 Å². The first kappa shape index (κ1) is 32.5. The van der Waals surface area contributed by atoms with E-state index in [1.807, 2.05) is 0 Å². The first-order valence-corrected chi connectivity index (χ1v) is 13.8. The zero-order chi connectivity index (χ0) is 31.6. The van der Waals surface area contributed by atoms with Crippen molar-refractivity contribution in [1.29, 1.82) is 0 Å². The number of hydrogen-bond donors (Lipinski definition) is 12. The van der Waals surface area contributed by atoms with Gasteiger partial charge in [-0.3, -0.25) is 9.59 Å². The number of benzene rings is 2. The van der Waals surface area contributed by atoms with Crippen LogP contribution in [-0.4, -0.2) is 136 Å². The highest BCUT2D eigenvalue weighted by Crippen LogP contribution is 2.37. The van der Waals surface area contributed by atoms with Crippen molar-refractivity contribution in [3.8, 4) is 23.0 Å². The maximum absolute atomic E-state index is 12.8. The minimum atomic E-state index is -1.71. The summed E-state index contributed by atoms with van der Waals surface area (Å²) in [5.74, 6) is -3.51. The number of aromatic hydroxyl groups is 4. The minimum absolute atomic E-state index is 0.211. The quantitative estimate of drug-likeness (QED) is 0.139. The third-order valence-corrected chi connectivity index (χ3v) is 8.28. The Bertz CT molecular complexity index is 1180. The van der Waals surface area contributed by atoms with E-state index < -0.39 is 108 Å². The second-order valence-electron chi connectivity index (χ2n) is 10.0. The van der Waals surface area contributed by atoms with Gasteiger partial charge in [0.15, 0.2) is 0 Å². The van der Waals surface area contributed by atoms with Gasteiger partial charge in [0.25, 0.3) is 11.8 Å². The number of thioether (sulfide) groups is 1. The highest BCUT2D eigenvalue weighted by Gasteiger charge is 2.50. The fourth-order valence-corrected chi connectivity index (χ4v) is 6.13. The molecular formula is C26H32N2O14S. The number of amides is 2. The lowest BCUT2D eigenvalue weighted by molar-refractivity contribution is -0.175. The average Bonchev–Trinajstić information content (AvgIpc) is 2.94. The van der Waals surface area contributed by atoms with Crippen molar-refractivity contribution < 1.29 is 70.1 Å². The molecule has 0 spiro atoms. The third-order valence-electron chi connectivity index (χ3n) is 6.96. The Kier molecular flexibility index (Phi) is 10.2. The molecular weight excluding hydrogens is 596 g/mol. The first-order valence-electron chi connectivity index (χ1n) is 12.9. The van der Waals surface area contributed by atoms with Gasteiger partial charge in [-0.1, -0.05) is 11.8 Å². The lowest BCUT2D eigenvalue weighted by atomic mass is 9.96. The summed E-state index contributed by atoms with van der Waals surface area (Å²) in [6.45, 7) is -1.52. The van der Waals surface area contributed by atoms with E-state index in [4.69, 9.17) is 9.47 Å². The summed E-state index contributed by atoms with van der Waals surface area (Å²) in [5.41, 5.74) is -3.23. The fraction of sp³-hybridized carbons (Fsp3) is 0.462. The SMILES string of the molecule is O=C(N[C@H]1[C@@H](O)[C@@H](CO)O[C@@H](S[C@@H]2O[C@H](CO)[C@H](O)[C@H](NC(=O)c3cc(O)cc(O)c3)[C@H]2O)[C@@H]1O)c1cc(O)cc(O)c1. The fourth-order valence-electron chi connectivity index (χ4n) is 4.79. The van der Waals surface area contributed by atoms with Crippen molar-refractivity contribution in [2.45, 2.75) is 59.6 Å². The van der Waals surface area contributed by atoms with E-state index >= 15 is 0 Å². The lowest BCUT2D eigenvalue weighted by Gasteiger charge is -2.46. The number of phenols is 4. The molecule has 4 rings (SSSR count). The van der Waals surface area contributed by atoms with E-state index in [0.29, 0.717) is 11.8 Å². The van der Waals surface area contributed by atoms with E-state index in [-0.39, 0.29) is 11.1 Å². The van der Waals surface area contributed by atoms with Crippen molar-refractivity contribution >= 4 is 23.6 Å². The molecule has 2 amide bonds. The Morgan fingerprint density at radius 3 is 1.23 bits per heavy atom. The molecule has 10 atom stereocenters. The lowest BCUT2D eigenvalue weighted by Crippen LogP contribution is -2.66. The summed E-state index contributed by atoms with van der Waals surface area (Å²) in [5, 5.41) is 107. The average molecular weight is 629 g/mol. The Morgan fingerprint density at radius 2 is 0.930 bits per heavy atom. The molecule has 2 saturated heterocycles. The summed E-state index contributed by atoms with van der Waals surface area (Å²) in [7, 11) is 0. The number of carbonyl (C=O) groups is 2. The van der Waals surface area contributed by atoms with Gasteiger partial charge in [-0.05, 0) is 24.3 Å². The van der Waals surface area contributed by atoms with Gasteiger partial charge in [-0.25, -0.2) is 0 Å². The molecule has 2 heterocycles. The smallest absolute Gasteiger partial charge is 0.251 e. The van der Waals surface area contributed by atoms with Gasteiger partial charge in [0, 0.05) is 23.3 Å². The summed E-state index contributed by atoms with van der Waals surface area (Å²) in [6.07, 6.45) is -9.40. The molecule has 2 aromatic carbocycles. The van der Waals surface area contributed by atoms with Crippen LogP contribution in [0.3, 0.4) is 0 Å². The molecule has 2 fully saturated rings. The van der Waals surface area contributed by atoms with Crippen molar-refractivity contribution in [2.24, 2.45) is 0 Å². The van der Waals surface area contributed by atoms with E-state index in [9.17, 15) is 60.7 Å². The van der Waals surface area contributed by atoms with E-state index in [1.165, 1.54) is 0 Å². The maximum Gasteiger partial charge on any atom is 0.251 e. The molecule has 236 valence electrons. The highest BCUT2D eigenvalue weighted by atomic mass is 32.2. The van der Waals surface area contributed by atoms with Crippen LogP contribution in [0.1, 0.15) is 20.7 Å². The largest absolute Gasteiger partial charge is 0.508 e. The molecule has 2 aromatic rings. The van der Waals surface area contributed by atoms with Crippen LogP contribution in [0.5, 0.6) is 23.0 Å². The number of ether oxygens (including phenoxy) is 2. The first-order chi connectivity index (χ1) is 20.3. The van der Waals surface area contributed by atoms with Gasteiger partial charge >= 0.3 is 0 Å². The number of rotatable bonds is 8. The Morgan fingerprint density at radius 1 is 0.605 bits per heavy atom. The normalized spacial score (nSPS) is 32.6. The molecule has 0 unspecified atom stereocenters. The number of aliphatic hydroxyl groups is 6. The van der Waals surface area contributed by atoms with Crippen LogP contribution in [0, 0.1) is 0 Å². The second kappa shape index (κ2) is 13.5. The minimum Gasteiger partial charge on any atom is -0.508 e. The molecule has 0 aromatic heterocycles. The molecule has 16 nitrogen and oxygen atoms in total. The number of phenolic OH excluding ortho intramolecular Hbond substituents is 4. The molecule has 17 heteroatoms. The predicted octanol–water partition coefficient (Wildman–Crippen LogP) is -2.98. The zero-order valence-electron chi connectivity index (χ0n) is 22.2. The van der Waals surface area contributed by atoms with Gasteiger partial charge in [0.1, 0.15) is 70.5 Å². The van der Waals surface area contributed by atoms with Crippen molar-refractivity contribution in [3.05, 3.63) is 47.5 Å². The molecule has 43 heavy (non-hydrogen) atoms. The van der Waals surface area contributed by atoms with Crippen LogP contribution < -0.4 is 10.6 Å². The van der Waals surface area contributed by atoms with Crippen LogP contribution in [-0.2, 0) is 9.47 Å². The van der Waals surface area contributed by atoms with Crippen LogP contribution in [0.4, 0.5) is 0 Å². The summed E-state index contributed by atoms with van der Waals surface area (Å²) >= 11 is 0.612. The summed E-state index contributed by atoms with van der Waals surface area (Å²) in [6, 6.07) is 3.13. The van der Waals surface area contributed by atoms with E-state index in [0.717, 1.165) is 36.4 Å². The van der Waals surface area contributed by atoms with Crippen LogP contribution in [0.15, 0.2) is 36.4 Å². The van der Waals surface area contributed by atoms with Crippen LogP contribution >= 0.6 is 11.8 Å². The van der Waals surface area contributed by atoms with E-state index in [1.54, 1.807) is 0 Å². The molecule has 0 radical (unpaired) electrons. The van der Waals surface area contributed by atoms with Gasteiger partial charge < -0.3 is 71.2 Å². The standard InChI is InChI=1S/C26H32N2O14S/c29-7-15-19(35)17(27-23(39)9-1-11(31)5-12(32)2-9)21(37)25(41-15)43-26-22(38)18(20(36)16(8-30)42-26)28-24(40)10-3-13(33)6-14(34)4-10/h1-6,15-22,25-26,29-38H,7-8H2,(H,27,39)(H,28,40)/t15-,16-,17+,18+,19+,20+,21-,22-,25+,26+/m1/s1. The highest BCUT2D eigenvalue weighted by molar-refractivity contribution is 8.00. The van der Waals surface area contributed by atoms with Crippen molar-refractivity contribution in [2.75, 3.05) is 13.2 Å². The second-order valence-corrected chi connectivity index (χ2v) is 11.2. The summed E-state index contributed by atoms with van der Waals surface area (Å²) in [4.78, 5) is 25.6. The number of nitrogens with one attached hydrogen (secondary N) is 2. The van der Waals surface area contributed by atoms with Crippen LogP contribution in [0.25, 0.3) is 0 Å². The maximum atomic E-state index is 12.8. The van der Waals surface area contributed by atoms with Gasteiger partial charge in [0.05, 0.1) is 25.3 Å². The molecule has 0 aliphatic carbocycles. The van der Waals surface area contributed by atoms with Crippen molar-refractivity contribution in [1.82, 2.24) is 10.6 Å². The van der Waals surface area contributed by atoms with Gasteiger partial charge in [-0.15, -0.1) is 0 Å². The molecule has 0 saturated carbocycles.